The lowest BCUT2D eigenvalue weighted by molar-refractivity contribution is 0.136. The number of nitrogens with zero attached hydrogens (tertiary/aromatic N) is 2. The predicted octanol–water partition coefficient (Wildman–Crippen LogP) is 2.32. The summed E-state index contributed by atoms with van der Waals surface area (Å²) >= 11 is 0. The molecule has 19 heavy (non-hydrogen) atoms. The second-order valence-corrected chi connectivity index (χ2v) is 6.44. The Labute approximate surface area is 119 Å². The van der Waals surface area contributed by atoms with Crippen LogP contribution in [0.5, 0.6) is 0 Å². The summed E-state index contributed by atoms with van der Waals surface area (Å²) in [6.45, 7) is 8.62. The first-order valence-corrected chi connectivity index (χ1v) is 8.47. The maximum Gasteiger partial charge on any atom is 0.0246 e. The summed E-state index contributed by atoms with van der Waals surface area (Å²) in [6.07, 6.45) is 9.67. The van der Waals surface area contributed by atoms with Gasteiger partial charge < -0.3 is 15.1 Å². The highest BCUT2D eigenvalue weighted by Crippen LogP contribution is 2.22. The first-order valence-electron chi connectivity index (χ1n) is 8.47. The lowest BCUT2D eigenvalue weighted by atomic mass is 9.89. The van der Waals surface area contributed by atoms with Crippen LogP contribution in [0.25, 0.3) is 0 Å². The van der Waals surface area contributed by atoms with Gasteiger partial charge in [-0.2, -0.15) is 0 Å². The zero-order chi connectivity index (χ0) is 13.5. The molecule has 0 aromatic rings. The highest BCUT2D eigenvalue weighted by Gasteiger charge is 2.27. The number of nitrogens with one attached hydrogen (secondary N) is 1. The molecule has 2 unspecified atom stereocenters. The van der Waals surface area contributed by atoms with E-state index in [1.807, 2.05) is 0 Å². The van der Waals surface area contributed by atoms with Gasteiger partial charge in [0.25, 0.3) is 0 Å². The SMILES string of the molecule is CCCNC1CCCCC1N(C)CCN1CCCC1. The second-order valence-electron chi connectivity index (χ2n) is 6.44. The second kappa shape index (κ2) is 8.23. The Morgan fingerprint density at radius 2 is 1.84 bits per heavy atom. The highest BCUT2D eigenvalue weighted by atomic mass is 15.2. The smallest absolute Gasteiger partial charge is 0.0246 e. The number of rotatable bonds is 7. The average molecular weight is 267 g/mol. The van der Waals surface area contributed by atoms with Crippen molar-refractivity contribution < 1.29 is 0 Å². The zero-order valence-corrected chi connectivity index (χ0v) is 13.0. The van der Waals surface area contributed by atoms with Gasteiger partial charge >= 0.3 is 0 Å². The molecule has 1 saturated carbocycles. The molecule has 0 spiro atoms. The van der Waals surface area contributed by atoms with Gasteiger partial charge in [0.05, 0.1) is 0 Å². The maximum atomic E-state index is 3.77. The molecule has 2 atom stereocenters. The minimum Gasteiger partial charge on any atom is -0.312 e. The van der Waals surface area contributed by atoms with Crippen LogP contribution in [0.4, 0.5) is 0 Å². The van der Waals surface area contributed by atoms with Gasteiger partial charge in [0.15, 0.2) is 0 Å². The minimum atomic E-state index is 0.734. The van der Waals surface area contributed by atoms with E-state index in [0.717, 1.165) is 12.1 Å². The van der Waals surface area contributed by atoms with Gasteiger partial charge in [-0.15, -0.1) is 0 Å². The molecule has 0 bridgehead atoms. The molecule has 2 aliphatic rings. The van der Waals surface area contributed by atoms with Crippen LogP contribution in [0.2, 0.25) is 0 Å². The van der Waals surface area contributed by atoms with Crippen molar-refractivity contribution in [2.45, 2.75) is 64.0 Å². The summed E-state index contributed by atoms with van der Waals surface area (Å²) in [5.41, 5.74) is 0. The van der Waals surface area contributed by atoms with Gasteiger partial charge in [-0.1, -0.05) is 19.8 Å². The molecule has 3 nitrogen and oxygen atoms in total. The molecule has 3 heteroatoms. The van der Waals surface area contributed by atoms with E-state index in [9.17, 15) is 0 Å². The van der Waals surface area contributed by atoms with Crippen molar-refractivity contribution in [1.29, 1.82) is 0 Å². The van der Waals surface area contributed by atoms with Gasteiger partial charge in [0.2, 0.25) is 0 Å². The lowest BCUT2D eigenvalue weighted by Gasteiger charge is -2.39. The van der Waals surface area contributed by atoms with Gasteiger partial charge in [-0.25, -0.2) is 0 Å². The van der Waals surface area contributed by atoms with E-state index in [1.165, 1.54) is 77.7 Å². The fourth-order valence-corrected chi connectivity index (χ4v) is 3.68. The van der Waals surface area contributed by atoms with Crippen LogP contribution in [0, 0.1) is 0 Å². The van der Waals surface area contributed by atoms with Gasteiger partial charge in [0, 0.05) is 25.2 Å². The van der Waals surface area contributed by atoms with E-state index in [4.69, 9.17) is 0 Å². The quantitative estimate of drug-likeness (QED) is 0.764. The van der Waals surface area contributed by atoms with Crippen molar-refractivity contribution >= 4 is 0 Å². The Balaban J connectivity index is 1.75. The Kier molecular flexibility index (Phi) is 6.62. The number of likely N-dealkylation sites (N-methyl/N-ethyl adjacent to an activating group) is 1. The lowest BCUT2D eigenvalue weighted by Crippen LogP contribution is -2.52. The summed E-state index contributed by atoms with van der Waals surface area (Å²) in [7, 11) is 2.34. The standard InChI is InChI=1S/C16H33N3/c1-3-10-17-15-8-4-5-9-16(15)18(2)13-14-19-11-6-7-12-19/h15-17H,3-14H2,1-2H3. The highest BCUT2D eigenvalue weighted by molar-refractivity contribution is 4.87. The molecule has 1 saturated heterocycles. The molecule has 0 radical (unpaired) electrons. The molecule has 1 aliphatic heterocycles. The third-order valence-corrected chi connectivity index (χ3v) is 4.92. The summed E-state index contributed by atoms with van der Waals surface area (Å²) in [5.74, 6) is 0. The Bertz CT molecular complexity index is 238. The van der Waals surface area contributed by atoms with Crippen LogP contribution in [0.15, 0.2) is 0 Å². The summed E-state index contributed by atoms with van der Waals surface area (Å²) in [5, 5.41) is 3.77. The molecular weight excluding hydrogens is 234 g/mol. The minimum absolute atomic E-state index is 0.734. The van der Waals surface area contributed by atoms with Crippen LogP contribution in [-0.2, 0) is 0 Å². The zero-order valence-electron chi connectivity index (χ0n) is 13.0. The average Bonchev–Trinajstić information content (AvgIpc) is 2.96. The molecule has 0 aromatic carbocycles. The Hall–Kier alpha value is -0.120. The van der Waals surface area contributed by atoms with E-state index in [1.54, 1.807) is 0 Å². The third kappa shape index (κ3) is 4.73. The first kappa shape index (κ1) is 15.3. The summed E-state index contributed by atoms with van der Waals surface area (Å²) in [4.78, 5) is 5.26. The molecule has 0 aromatic heterocycles. The maximum absolute atomic E-state index is 3.77. The van der Waals surface area contributed by atoms with Crippen molar-refractivity contribution in [2.24, 2.45) is 0 Å². The van der Waals surface area contributed by atoms with Gasteiger partial charge in [-0.05, 0) is 58.8 Å². The van der Waals surface area contributed by atoms with E-state index in [2.05, 4.69) is 29.1 Å². The molecular formula is C16H33N3. The van der Waals surface area contributed by atoms with Crippen LogP contribution < -0.4 is 5.32 Å². The van der Waals surface area contributed by atoms with Crippen LogP contribution >= 0.6 is 0 Å². The van der Waals surface area contributed by atoms with E-state index in [-0.39, 0.29) is 0 Å². The van der Waals surface area contributed by atoms with Gasteiger partial charge in [0.1, 0.15) is 0 Å². The molecule has 2 rings (SSSR count). The van der Waals surface area contributed by atoms with E-state index < -0.39 is 0 Å². The van der Waals surface area contributed by atoms with E-state index >= 15 is 0 Å². The van der Waals surface area contributed by atoms with Crippen LogP contribution in [0.1, 0.15) is 51.9 Å². The normalized spacial score (nSPS) is 29.2. The number of likely N-dealkylation sites (tertiary alicyclic amines) is 1. The van der Waals surface area contributed by atoms with Crippen molar-refractivity contribution in [1.82, 2.24) is 15.1 Å². The number of hydrogen-bond acceptors (Lipinski definition) is 3. The Morgan fingerprint density at radius 1 is 1.11 bits per heavy atom. The van der Waals surface area contributed by atoms with Crippen molar-refractivity contribution in [3.63, 3.8) is 0 Å². The monoisotopic (exact) mass is 267 g/mol. The molecule has 1 aliphatic carbocycles. The van der Waals surface area contributed by atoms with Crippen molar-refractivity contribution in [3.8, 4) is 0 Å². The van der Waals surface area contributed by atoms with E-state index in [0.29, 0.717) is 0 Å². The first-order chi connectivity index (χ1) is 9.31. The molecule has 112 valence electrons. The van der Waals surface area contributed by atoms with Gasteiger partial charge in [-0.3, -0.25) is 0 Å². The fourth-order valence-electron chi connectivity index (χ4n) is 3.68. The van der Waals surface area contributed by atoms with Crippen LogP contribution in [-0.4, -0.2) is 61.7 Å². The molecule has 0 amide bonds. The summed E-state index contributed by atoms with van der Waals surface area (Å²) in [6, 6.07) is 1.50. The largest absolute Gasteiger partial charge is 0.312 e. The molecule has 1 heterocycles. The fraction of sp³-hybridized carbons (Fsp3) is 1.00. The Morgan fingerprint density at radius 3 is 2.58 bits per heavy atom. The third-order valence-electron chi connectivity index (χ3n) is 4.92. The number of hydrogen-bond donors (Lipinski definition) is 1. The van der Waals surface area contributed by atoms with Crippen LogP contribution in [0.3, 0.4) is 0 Å². The van der Waals surface area contributed by atoms with Crippen molar-refractivity contribution in [2.75, 3.05) is 39.8 Å². The molecule has 1 N–H and O–H groups in total. The van der Waals surface area contributed by atoms with Crippen molar-refractivity contribution in [3.05, 3.63) is 0 Å². The molecule has 2 fully saturated rings. The predicted molar refractivity (Wildman–Crippen MR) is 82.6 cm³/mol. The topological polar surface area (TPSA) is 18.5 Å². The summed E-state index contributed by atoms with van der Waals surface area (Å²) < 4.78 is 0.